The van der Waals surface area contributed by atoms with E-state index in [1.165, 1.54) is 25.7 Å². The second-order valence-electron chi connectivity index (χ2n) is 7.65. The first-order valence-corrected chi connectivity index (χ1v) is 9.22. The highest BCUT2D eigenvalue weighted by Crippen LogP contribution is 2.33. The van der Waals surface area contributed by atoms with Gasteiger partial charge in [0, 0.05) is 24.9 Å². The summed E-state index contributed by atoms with van der Waals surface area (Å²) in [6.45, 7) is 5.42. The first kappa shape index (κ1) is 16.5. The fourth-order valence-electron chi connectivity index (χ4n) is 4.04. The van der Waals surface area contributed by atoms with Crippen molar-refractivity contribution in [2.45, 2.75) is 70.8 Å². The Morgan fingerprint density at radius 2 is 1.78 bits per heavy atom. The van der Waals surface area contributed by atoms with Crippen LogP contribution in [0.5, 0.6) is 0 Å². The van der Waals surface area contributed by atoms with Crippen LogP contribution in [0.25, 0.3) is 0 Å². The fraction of sp³-hybridized carbons (Fsp3) is 0.833. The van der Waals surface area contributed by atoms with Crippen LogP contribution < -0.4 is 5.32 Å². The standard InChI is InChI=1S/C18H29N3O2/c1-13(2)15-19-17(23)18(20-15)9-11-21(12-10-18)16(22)14-7-5-3-4-6-8-14/h13-14H,3-12H2,1-2H3,(H,19,20,23). The summed E-state index contributed by atoms with van der Waals surface area (Å²) in [5.41, 5.74) is -0.611. The molecule has 0 unspecified atom stereocenters. The Morgan fingerprint density at radius 1 is 1.17 bits per heavy atom. The summed E-state index contributed by atoms with van der Waals surface area (Å²) in [6, 6.07) is 0. The first-order chi connectivity index (χ1) is 11.0. The van der Waals surface area contributed by atoms with Crippen molar-refractivity contribution in [3.63, 3.8) is 0 Å². The molecule has 0 aromatic heterocycles. The molecule has 0 radical (unpaired) electrons. The van der Waals surface area contributed by atoms with E-state index < -0.39 is 5.54 Å². The van der Waals surface area contributed by atoms with Crippen molar-refractivity contribution >= 4 is 17.6 Å². The van der Waals surface area contributed by atoms with E-state index >= 15 is 0 Å². The molecule has 0 atom stereocenters. The molecule has 3 aliphatic rings. The predicted octanol–water partition coefficient (Wildman–Crippen LogP) is 2.50. The topological polar surface area (TPSA) is 61.8 Å². The smallest absolute Gasteiger partial charge is 0.253 e. The number of likely N-dealkylation sites (tertiary alicyclic amines) is 1. The van der Waals surface area contributed by atoms with Gasteiger partial charge in [0.05, 0.1) is 0 Å². The molecule has 3 rings (SSSR count). The molecular formula is C18H29N3O2. The predicted molar refractivity (Wildman–Crippen MR) is 90.2 cm³/mol. The number of aliphatic imine (C=N–C) groups is 1. The molecule has 128 valence electrons. The van der Waals surface area contributed by atoms with E-state index in [1.807, 2.05) is 18.7 Å². The number of amides is 2. The van der Waals surface area contributed by atoms with Crippen molar-refractivity contribution in [1.29, 1.82) is 0 Å². The molecule has 2 aliphatic heterocycles. The molecule has 1 saturated carbocycles. The van der Waals surface area contributed by atoms with Crippen LogP contribution >= 0.6 is 0 Å². The number of carbonyl (C=O) groups excluding carboxylic acids is 2. The minimum atomic E-state index is -0.611. The zero-order valence-electron chi connectivity index (χ0n) is 14.4. The van der Waals surface area contributed by atoms with Gasteiger partial charge < -0.3 is 10.2 Å². The van der Waals surface area contributed by atoms with Gasteiger partial charge in [-0.05, 0) is 25.7 Å². The van der Waals surface area contributed by atoms with E-state index in [2.05, 4.69) is 5.32 Å². The van der Waals surface area contributed by atoms with Crippen molar-refractivity contribution < 1.29 is 9.59 Å². The van der Waals surface area contributed by atoms with Crippen LogP contribution in [0.4, 0.5) is 0 Å². The van der Waals surface area contributed by atoms with Gasteiger partial charge in [0.15, 0.2) is 0 Å². The normalized spacial score (nSPS) is 25.4. The van der Waals surface area contributed by atoms with Crippen LogP contribution in [0, 0.1) is 11.8 Å². The van der Waals surface area contributed by atoms with E-state index in [1.54, 1.807) is 0 Å². The van der Waals surface area contributed by atoms with Gasteiger partial charge in [0.1, 0.15) is 11.4 Å². The zero-order chi connectivity index (χ0) is 16.4. The number of piperidine rings is 1. The molecule has 0 aromatic carbocycles. The monoisotopic (exact) mass is 319 g/mol. The van der Waals surface area contributed by atoms with Crippen molar-refractivity contribution in [3.05, 3.63) is 0 Å². The van der Waals surface area contributed by atoms with Gasteiger partial charge in [0.25, 0.3) is 5.91 Å². The molecule has 2 fully saturated rings. The van der Waals surface area contributed by atoms with Crippen LogP contribution in [-0.2, 0) is 9.59 Å². The maximum absolute atomic E-state index is 12.8. The van der Waals surface area contributed by atoms with Crippen molar-refractivity contribution in [2.75, 3.05) is 13.1 Å². The minimum Gasteiger partial charge on any atom is -0.342 e. The van der Waals surface area contributed by atoms with Crippen molar-refractivity contribution in [1.82, 2.24) is 10.2 Å². The highest BCUT2D eigenvalue weighted by Gasteiger charge is 2.47. The van der Waals surface area contributed by atoms with Gasteiger partial charge in [-0.15, -0.1) is 0 Å². The van der Waals surface area contributed by atoms with E-state index in [-0.39, 0.29) is 17.7 Å². The molecule has 5 nitrogen and oxygen atoms in total. The van der Waals surface area contributed by atoms with Gasteiger partial charge in [-0.25, -0.2) is 0 Å². The lowest BCUT2D eigenvalue weighted by molar-refractivity contribution is -0.139. The second-order valence-corrected chi connectivity index (χ2v) is 7.65. The van der Waals surface area contributed by atoms with Crippen LogP contribution in [0.15, 0.2) is 4.99 Å². The molecule has 1 aliphatic carbocycles. The van der Waals surface area contributed by atoms with Crippen molar-refractivity contribution in [2.24, 2.45) is 16.8 Å². The Bertz CT molecular complexity index is 496. The lowest BCUT2D eigenvalue weighted by Crippen LogP contribution is -2.51. The highest BCUT2D eigenvalue weighted by molar-refractivity contribution is 6.09. The van der Waals surface area contributed by atoms with Gasteiger partial charge in [-0.1, -0.05) is 39.5 Å². The summed E-state index contributed by atoms with van der Waals surface area (Å²) in [7, 11) is 0. The first-order valence-electron chi connectivity index (χ1n) is 9.22. The Balaban J connectivity index is 1.62. The average molecular weight is 319 g/mol. The summed E-state index contributed by atoms with van der Waals surface area (Å²) < 4.78 is 0. The number of nitrogens with one attached hydrogen (secondary N) is 1. The average Bonchev–Trinajstić information content (AvgIpc) is 2.73. The van der Waals surface area contributed by atoms with E-state index in [0.29, 0.717) is 31.8 Å². The van der Waals surface area contributed by atoms with E-state index in [0.717, 1.165) is 18.7 Å². The molecule has 0 bridgehead atoms. The van der Waals surface area contributed by atoms with Gasteiger partial charge in [0.2, 0.25) is 5.91 Å². The summed E-state index contributed by atoms with van der Waals surface area (Å²) >= 11 is 0. The maximum atomic E-state index is 12.8. The molecule has 1 N–H and O–H groups in total. The zero-order valence-corrected chi connectivity index (χ0v) is 14.4. The van der Waals surface area contributed by atoms with E-state index in [4.69, 9.17) is 4.99 Å². The maximum Gasteiger partial charge on any atom is 0.253 e. The number of hydrogen-bond acceptors (Lipinski definition) is 3. The largest absolute Gasteiger partial charge is 0.342 e. The molecular weight excluding hydrogens is 290 g/mol. The lowest BCUT2D eigenvalue weighted by atomic mass is 9.87. The summed E-state index contributed by atoms with van der Waals surface area (Å²) in [4.78, 5) is 31.8. The number of hydrogen-bond donors (Lipinski definition) is 1. The third-order valence-electron chi connectivity index (χ3n) is 5.65. The quantitative estimate of drug-likeness (QED) is 0.795. The van der Waals surface area contributed by atoms with Gasteiger partial charge >= 0.3 is 0 Å². The molecule has 2 amide bonds. The number of rotatable bonds is 2. The fourth-order valence-corrected chi connectivity index (χ4v) is 4.04. The van der Waals surface area contributed by atoms with Crippen LogP contribution in [0.1, 0.15) is 65.2 Å². The van der Waals surface area contributed by atoms with Gasteiger partial charge in [-0.3, -0.25) is 14.6 Å². The minimum absolute atomic E-state index is 0.0303. The third-order valence-corrected chi connectivity index (χ3v) is 5.65. The molecule has 1 saturated heterocycles. The molecule has 0 aromatic rings. The van der Waals surface area contributed by atoms with E-state index in [9.17, 15) is 9.59 Å². The summed E-state index contributed by atoms with van der Waals surface area (Å²) in [6.07, 6.45) is 8.28. The second kappa shape index (κ2) is 6.62. The lowest BCUT2D eigenvalue weighted by Gasteiger charge is -2.37. The van der Waals surface area contributed by atoms with Crippen LogP contribution in [0.2, 0.25) is 0 Å². The third kappa shape index (κ3) is 3.29. The van der Waals surface area contributed by atoms with Gasteiger partial charge in [-0.2, -0.15) is 0 Å². The summed E-state index contributed by atoms with van der Waals surface area (Å²) in [5.74, 6) is 1.59. The molecule has 1 spiro atoms. The molecule has 23 heavy (non-hydrogen) atoms. The Morgan fingerprint density at radius 3 is 2.30 bits per heavy atom. The SMILES string of the molecule is CC(C)C1=NC2(CCN(C(=O)C3CCCCCC3)CC2)C(=O)N1. The number of amidine groups is 1. The van der Waals surface area contributed by atoms with Crippen LogP contribution in [-0.4, -0.2) is 41.2 Å². The van der Waals surface area contributed by atoms with Crippen molar-refractivity contribution in [3.8, 4) is 0 Å². The Labute approximate surface area is 138 Å². The number of nitrogens with zero attached hydrogens (tertiary/aromatic N) is 2. The summed E-state index contributed by atoms with van der Waals surface area (Å²) in [5, 5.41) is 2.94. The molecule has 5 heteroatoms. The Hall–Kier alpha value is -1.39. The Kier molecular flexibility index (Phi) is 4.74. The molecule has 2 heterocycles. The van der Waals surface area contributed by atoms with Crippen LogP contribution in [0.3, 0.4) is 0 Å². The number of carbonyl (C=O) groups is 2. The highest BCUT2D eigenvalue weighted by atomic mass is 16.2.